The van der Waals surface area contributed by atoms with E-state index >= 15 is 0 Å². The van der Waals surface area contributed by atoms with Crippen molar-refractivity contribution in [1.29, 1.82) is 0 Å². The van der Waals surface area contributed by atoms with Gasteiger partial charge in [-0.25, -0.2) is 4.39 Å². The van der Waals surface area contributed by atoms with E-state index < -0.39 is 0 Å². The molecule has 1 aromatic carbocycles. The molecule has 0 saturated heterocycles. The second-order valence-corrected chi connectivity index (χ2v) is 5.19. The number of fused-ring (bicyclic) bond motifs is 1. The zero-order chi connectivity index (χ0) is 14.3. The first kappa shape index (κ1) is 12.8. The van der Waals surface area contributed by atoms with Crippen LogP contribution in [0.5, 0.6) is 0 Å². The summed E-state index contributed by atoms with van der Waals surface area (Å²) in [6, 6.07) is 4.66. The van der Waals surface area contributed by atoms with Crippen LogP contribution in [0.1, 0.15) is 29.2 Å². The Morgan fingerprint density at radius 2 is 2.30 bits per heavy atom. The van der Waals surface area contributed by atoms with Gasteiger partial charge in [-0.05, 0) is 43.0 Å². The van der Waals surface area contributed by atoms with Crippen molar-refractivity contribution in [1.82, 2.24) is 9.78 Å². The molecule has 0 aliphatic heterocycles. The molecule has 3 rings (SSSR count). The predicted octanol–water partition coefficient (Wildman–Crippen LogP) is 2.54. The molecule has 2 aromatic rings. The number of rotatable bonds is 2. The summed E-state index contributed by atoms with van der Waals surface area (Å²) in [5, 5.41) is 7.02. The topological polar surface area (TPSA) is 46.9 Å². The lowest BCUT2D eigenvalue weighted by atomic mass is 10.0. The second-order valence-electron chi connectivity index (χ2n) is 5.19. The average Bonchev–Trinajstić information content (AvgIpc) is 2.96. The third-order valence-electron chi connectivity index (χ3n) is 3.99. The normalized spacial score (nSPS) is 17.1. The number of hydrogen-bond acceptors (Lipinski definition) is 2. The number of carbonyl (C=O) groups excluding carboxylic acids is 1. The van der Waals surface area contributed by atoms with E-state index in [1.807, 2.05) is 14.0 Å². The predicted molar refractivity (Wildman–Crippen MR) is 74.0 cm³/mol. The molecule has 1 atom stereocenters. The number of halogens is 1. The number of benzene rings is 1. The molecule has 1 amide bonds. The summed E-state index contributed by atoms with van der Waals surface area (Å²) in [6.07, 6.45) is 3.12. The summed E-state index contributed by atoms with van der Waals surface area (Å²) in [6.45, 7) is 1.90. The van der Waals surface area contributed by atoms with Gasteiger partial charge in [-0.3, -0.25) is 9.48 Å². The number of nitrogens with one attached hydrogen (secondary N) is 1. The van der Waals surface area contributed by atoms with Gasteiger partial charge >= 0.3 is 0 Å². The van der Waals surface area contributed by atoms with E-state index in [1.165, 1.54) is 12.1 Å². The van der Waals surface area contributed by atoms with Crippen LogP contribution in [0.25, 0.3) is 0 Å². The Kier molecular flexibility index (Phi) is 3.04. The van der Waals surface area contributed by atoms with Gasteiger partial charge in [0.2, 0.25) is 5.91 Å². The monoisotopic (exact) mass is 273 g/mol. The molecule has 1 aromatic heterocycles. The lowest BCUT2D eigenvalue weighted by molar-refractivity contribution is -0.117. The standard InChI is InChI=1S/C15H16FN3O/c1-9-14(8-17-19(9)2)18-15(20)13-5-3-10-7-11(16)4-6-12(10)13/h4,6-8,13H,3,5H2,1-2H3,(H,18,20)/t13-/m1/s1. The van der Waals surface area contributed by atoms with Crippen molar-refractivity contribution in [2.45, 2.75) is 25.7 Å². The quantitative estimate of drug-likeness (QED) is 0.914. The van der Waals surface area contributed by atoms with Crippen LogP contribution in [0, 0.1) is 12.7 Å². The van der Waals surface area contributed by atoms with Gasteiger partial charge in [-0.15, -0.1) is 0 Å². The Morgan fingerprint density at radius 3 is 3.00 bits per heavy atom. The molecule has 4 nitrogen and oxygen atoms in total. The lowest BCUT2D eigenvalue weighted by Crippen LogP contribution is -2.19. The average molecular weight is 273 g/mol. The number of carbonyl (C=O) groups is 1. The van der Waals surface area contributed by atoms with Gasteiger partial charge in [0.25, 0.3) is 0 Å². The Morgan fingerprint density at radius 1 is 1.50 bits per heavy atom. The maximum Gasteiger partial charge on any atom is 0.232 e. The summed E-state index contributed by atoms with van der Waals surface area (Å²) in [5.74, 6) is -0.496. The molecule has 1 aliphatic rings. The summed E-state index contributed by atoms with van der Waals surface area (Å²) in [5.41, 5.74) is 3.52. The van der Waals surface area contributed by atoms with Crippen LogP contribution in [0.15, 0.2) is 24.4 Å². The van der Waals surface area contributed by atoms with Crippen molar-refractivity contribution in [3.63, 3.8) is 0 Å². The highest BCUT2D eigenvalue weighted by Gasteiger charge is 2.29. The van der Waals surface area contributed by atoms with Crippen molar-refractivity contribution < 1.29 is 9.18 Å². The number of hydrogen-bond donors (Lipinski definition) is 1. The number of anilines is 1. The van der Waals surface area contributed by atoms with Crippen molar-refractivity contribution in [3.05, 3.63) is 47.0 Å². The van der Waals surface area contributed by atoms with E-state index in [1.54, 1.807) is 16.9 Å². The van der Waals surface area contributed by atoms with Crippen LogP contribution in [0.2, 0.25) is 0 Å². The zero-order valence-electron chi connectivity index (χ0n) is 11.5. The molecule has 104 valence electrons. The minimum atomic E-state index is -0.243. The Balaban J connectivity index is 1.82. The van der Waals surface area contributed by atoms with Gasteiger partial charge in [0.1, 0.15) is 5.82 Å². The van der Waals surface area contributed by atoms with E-state index in [4.69, 9.17) is 0 Å². The van der Waals surface area contributed by atoms with Crippen LogP contribution < -0.4 is 5.32 Å². The highest BCUT2D eigenvalue weighted by molar-refractivity contribution is 5.96. The van der Waals surface area contributed by atoms with Gasteiger partial charge in [0.15, 0.2) is 0 Å². The molecule has 0 spiro atoms. The highest BCUT2D eigenvalue weighted by atomic mass is 19.1. The molecule has 5 heteroatoms. The fourth-order valence-corrected chi connectivity index (χ4v) is 2.70. The molecule has 0 fully saturated rings. The summed E-state index contributed by atoms with van der Waals surface area (Å²) in [4.78, 5) is 12.4. The largest absolute Gasteiger partial charge is 0.323 e. The van der Waals surface area contributed by atoms with Gasteiger partial charge in [0, 0.05) is 7.05 Å². The molecule has 1 aliphatic carbocycles. The van der Waals surface area contributed by atoms with Crippen molar-refractivity contribution in [2.75, 3.05) is 5.32 Å². The summed E-state index contributed by atoms with van der Waals surface area (Å²) < 4.78 is 14.9. The number of aryl methyl sites for hydroxylation is 2. The van der Waals surface area contributed by atoms with Crippen molar-refractivity contribution >= 4 is 11.6 Å². The number of nitrogens with zero attached hydrogens (tertiary/aromatic N) is 2. The maximum absolute atomic E-state index is 13.2. The third kappa shape index (κ3) is 2.09. The lowest BCUT2D eigenvalue weighted by Gasteiger charge is -2.12. The van der Waals surface area contributed by atoms with E-state index in [2.05, 4.69) is 10.4 Å². The highest BCUT2D eigenvalue weighted by Crippen LogP contribution is 2.34. The third-order valence-corrected chi connectivity index (χ3v) is 3.99. The Labute approximate surface area is 116 Å². The van der Waals surface area contributed by atoms with Gasteiger partial charge in [-0.2, -0.15) is 5.10 Å². The molecule has 0 unspecified atom stereocenters. The van der Waals surface area contributed by atoms with Crippen molar-refractivity contribution in [3.8, 4) is 0 Å². The van der Waals surface area contributed by atoms with E-state index in [0.29, 0.717) is 0 Å². The van der Waals surface area contributed by atoms with Crippen LogP contribution in [-0.4, -0.2) is 15.7 Å². The van der Waals surface area contributed by atoms with Gasteiger partial charge in [0.05, 0.1) is 23.5 Å². The molecule has 0 radical (unpaired) electrons. The maximum atomic E-state index is 13.2. The fraction of sp³-hybridized carbons (Fsp3) is 0.333. The first-order valence-corrected chi connectivity index (χ1v) is 6.64. The van der Waals surface area contributed by atoms with E-state index in [0.717, 1.165) is 35.3 Å². The SMILES string of the molecule is Cc1c(NC(=O)[C@@H]2CCc3cc(F)ccc32)cnn1C. The zero-order valence-corrected chi connectivity index (χ0v) is 11.5. The second kappa shape index (κ2) is 4.74. The van der Waals surface area contributed by atoms with Crippen molar-refractivity contribution in [2.24, 2.45) is 7.05 Å². The van der Waals surface area contributed by atoms with Crippen LogP contribution >= 0.6 is 0 Å². The van der Waals surface area contributed by atoms with E-state index in [-0.39, 0.29) is 17.6 Å². The minimum absolute atomic E-state index is 0.0496. The summed E-state index contributed by atoms with van der Waals surface area (Å²) >= 11 is 0. The molecule has 0 saturated carbocycles. The van der Waals surface area contributed by atoms with Crippen LogP contribution in [0.4, 0.5) is 10.1 Å². The Bertz CT molecular complexity index is 678. The smallest absolute Gasteiger partial charge is 0.232 e. The molecule has 1 heterocycles. The molecule has 0 bridgehead atoms. The molecule has 20 heavy (non-hydrogen) atoms. The first-order valence-electron chi connectivity index (χ1n) is 6.64. The van der Waals surface area contributed by atoms with Gasteiger partial charge in [-0.1, -0.05) is 6.07 Å². The fourth-order valence-electron chi connectivity index (χ4n) is 2.70. The number of aromatic nitrogens is 2. The minimum Gasteiger partial charge on any atom is -0.323 e. The first-order chi connectivity index (χ1) is 9.56. The van der Waals surface area contributed by atoms with E-state index in [9.17, 15) is 9.18 Å². The van der Waals surface area contributed by atoms with Gasteiger partial charge < -0.3 is 5.32 Å². The molecular formula is C15H16FN3O. The Hall–Kier alpha value is -2.17. The molecular weight excluding hydrogens is 257 g/mol. The molecule has 1 N–H and O–H groups in total. The summed E-state index contributed by atoms with van der Waals surface area (Å²) in [7, 11) is 1.83. The van der Waals surface area contributed by atoms with Crippen LogP contribution in [0.3, 0.4) is 0 Å². The van der Waals surface area contributed by atoms with Crippen LogP contribution in [-0.2, 0) is 18.3 Å². The number of amides is 1.